The maximum Gasteiger partial charge on any atom is 0.408 e. The molecular weight excluding hydrogens is 424 g/mol. The number of ether oxygens (including phenoxy) is 1. The lowest BCUT2D eigenvalue weighted by atomic mass is 9.79. The van der Waals surface area contributed by atoms with Crippen molar-refractivity contribution in [2.45, 2.75) is 45.2 Å². The number of piperidine rings is 3. The highest BCUT2D eigenvalue weighted by Crippen LogP contribution is 2.52. The largest absolute Gasteiger partial charge is 0.497 e. The van der Waals surface area contributed by atoms with Crippen LogP contribution in [0.25, 0.3) is 11.1 Å². The van der Waals surface area contributed by atoms with Crippen LogP contribution in [0.15, 0.2) is 36.4 Å². The van der Waals surface area contributed by atoms with Gasteiger partial charge < -0.3 is 14.7 Å². The number of carboxylic acid groups (broad SMARTS) is 1. The molecule has 0 radical (unpaired) electrons. The van der Waals surface area contributed by atoms with Crippen molar-refractivity contribution in [2.24, 2.45) is 11.3 Å². The zero-order chi connectivity index (χ0) is 22.6. The van der Waals surface area contributed by atoms with E-state index in [1.54, 1.807) is 7.11 Å². The highest BCUT2D eigenvalue weighted by Gasteiger charge is 2.50. The lowest BCUT2D eigenvalue weighted by molar-refractivity contribution is -0.0267. The first-order valence-electron chi connectivity index (χ1n) is 11.5. The van der Waals surface area contributed by atoms with Crippen LogP contribution >= 0.6 is 11.6 Å². The Hall–Kier alpha value is -2.24. The maximum absolute atomic E-state index is 12.6. The average molecular weight is 455 g/mol. The van der Waals surface area contributed by atoms with Gasteiger partial charge in [-0.05, 0) is 78.6 Å². The zero-order valence-electron chi connectivity index (χ0n) is 19.0. The van der Waals surface area contributed by atoms with E-state index in [-0.39, 0.29) is 17.5 Å². The van der Waals surface area contributed by atoms with Crippen LogP contribution in [0.4, 0.5) is 4.79 Å². The van der Waals surface area contributed by atoms with Gasteiger partial charge in [-0.3, -0.25) is 4.90 Å². The summed E-state index contributed by atoms with van der Waals surface area (Å²) in [5.74, 6) is 1.20. The van der Waals surface area contributed by atoms with Crippen LogP contribution in [0.3, 0.4) is 0 Å². The van der Waals surface area contributed by atoms with Crippen molar-refractivity contribution >= 4 is 17.7 Å². The first-order valence-corrected chi connectivity index (χ1v) is 11.9. The molecule has 5 nitrogen and oxygen atoms in total. The molecule has 2 aromatic rings. The predicted molar refractivity (Wildman–Crippen MR) is 126 cm³/mol. The maximum atomic E-state index is 12.6. The van der Waals surface area contributed by atoms with Crippen LogP contribution in [0.2, 0.25) is 5.02 Å². The second-order valence-corrected chi connectivity index (χ2v) is 10.6. The third-order valence-corrected chi connectivity index (χ3v) is 8.10. The number of nitrogens with zero attached hydrogens (tertiary/aromatic N) is 2. The van der Waals surface area contributed by atoms with Crippen LogP contribution in [-0.2, 0) is 6.42 Å². The molecule has 0 spiro atoms. The van der Waals surface area contributed by atoms with Gasteiger partial charge in [-0.2, -0.15) is 0 Å². The lowest BCUT2D eigenvalue weighted by Gasteiger charge is -2.51. The molecule has 1 amide bonds. The van der Waals surface area contributed by atoms with Crippen molar-refractivity contribution in [3.8, 4) is 16.9 Å². The molecule has 0 aromatic heterocycles. The van der Waals surface area contributed by atoms with Crippen molar-refractivity contribution in [3.05, 3.63) is 52.5 Å². The Kier molecular flexibility index (Phi) is 5.37. The fourth-order valence-electron chi connectivity index (χ4n) is 6.28. The van der Waals surface area contributed by atoms with Gasteiger partial charge in [0.05, 0.1) is 24.2 Å². The smallest absolute Gasteiger partial charge is 0.408 e. The average Bonchev–Trinajstić information content (AvgIpc) is 3.03. The topological polar surface area (TPSA) is 53.0 Å². The van der Waals surface area contributed by atoms with Crippen LogP contribution in [-0.4, -0.2) is 53.8 Å². The van der Waals surface area contributed by atoms with Gasteiger partial charge >= 0.3 is 6.09 Å². The Morgan fingerprint density at radius 3 is 2.53 bits per heavy atom. The summed E-state index contributed by atoms with van der Waals surface area (Å²) in [4.78, 5) is 16.9. The summed E-state index contributed by atoms with van der Waals surface area (Å²) in [7, 11) is 1.63. The van der Waals surface area contributed by atoms with Crippen LogP contribution < -0.4 is 4.74 Å². The molecule has 3 saturated heterocycles. The molecule has 170 valence electrons. The van der Waals surface area contributed by atoms with Gasteiger partial charge in [0.1, 0.15) is 5.75 Å². The molecule has 1 aliphatic carbocycles. The van der Waals surface area contributed by atoms with Gasteiger partial charge in [-0.15, -0.1) is 0 Å². The number of rotatable bonds is 4. The normalized spacial score (nSPS) is 27.8. The molecule has 1 N–H and O–H groups in total. The minimum atomic E-state index is -0.794. The highest BCUT2D eigenvalue weighted by atomic mass is 35.5. The van der Waals surface area contributed by atoms with Crippen molar-refractivity contribution < 1.29 is 14.6 Å². The fraction of sp³-hybridized carbons (Fsp3) is 0.500. The Morgan fingerprint density at radius 1 is 1.19 bits per heavy atom. The summed E-state index contributed by atoms with van der Waals surface area (Å²) in [5.41, 5.74) is 4.20. The molecular formula is C26H31ClN2O3. The molecule has 2 bridgehead atoms. The molecule has 2 atom stereocenters. The van der Waals surface area contributed by atoms with Crippen molar-refractivity contribution in [1.82, 2.24) is 9.80 Å². The fourth-order valence-corrected chi connectivity index (χ4v) is 6.56. The van der Waals surface area contributed by atoms with Crippen LogP contribution in [0.5, 0.6) is 5.75 Å². The summed E-state index contributed by atoms with van der Waals surface area (Å²) < 4.78 is 5.28. The van der Waals surface area contributed by atoms with Gasteiger partial charge in [0.2, 0.25) is 0 Å². The second kappa shape index (κ2) is 7.96. The van der Waals surface area contributed by atoms with E-state index < -0.39 is 6.09 Å². The second-order valence-electron chi connectivity index (χ2n) is 10.2. The third-order valence-electron chi connectivity index (χ3n) is 7.79. The number of halogens is 1. The van der Waals surface area contributed by atoms with Gasteiger partial charge in [-0.1, -0.05) is 43.6 Å². The SMILES string of the molecule is COc1ccc(-c2ccc3c(c2)CC(C)(C)[C@H]3N(C(=O)O)[C@@H]2CN3CCC2CC3)c(Cl)c1. The summed E-state index contributed by atoms with van der Waals surface area (Å²) in [5, 5.41) is 11.0. The van der Waals surface area contributed by atoms with Gasteiger partial charge in [-0.25, -0.2) is 4.79 Å². The first-order chi connectivity index (χ1) is 15.3. The Balaban J connectivity index is 1.52. The van der Waals surface area contributed by atoms with E-state index in [0.29, 0.717) is 10.9 Å². The van der Waals surface area contributed by atoms with E-state index in [0.717, 1.165) is 61.3 Å². The van der Waals surface area contributed by atoms with Gasteiger partial charge in [0, 0.05) is 12.1 Å². The van der Waals surface area contributed by atoms with Crippen molar-refractivity contribution in [3.63, 3.8) is 0 Å². The molecule has 0 saturated carbocycles. The number of methoxy groups -OCH3 is 1. The summed E-state index contributed by atoms with van der Waals surface area (Å²) >= 11 is 6.54. The molecule has 4 aliphatic rings. The molecule has 3 fully saturated rings. The Morgan fingerprint density at radius 2 is 1.94 bits per heavy atom. The minimum Gasteiger partial charge on any atom is -0.497 e. The molecule has 0 unspecified atom stereocenters. The molecule has 2 aromatic carbocycles. The zero-order valence-corrected chi connectivity index (χ0v) is 19.7. The van der Waals surface area contributed by atoms with E-state index >= 15 is 0 Å². The van der Waals surface area contributed by atoms with Gasteiger partial charge in [0.25, 0.3) is 0 Å². The van der Waals surface area contributed by atoms with E-state index in [2.05, 4.69) is 36.9 Å². The predicted octanol–water partition coefficient (Wildman–Crippen LogP) is 5.71. The third kappa shape index (κ3) is 3.56. The van der Waals surface area contributed by atoms with E-state index in [4.69, 9.17) is 16.3 Å². The number of amides is 1. The monoisotopic (exact) mass is 454 g/mol. The van der Waals surface area contributed by atoms with Crippen LogP contribution in [0.1, 0.15) is 43.9 Å². The Bertz CT molecular complexity index is 1050. The molecule has 6 rings (SSSR count). The molecule has 6 heteroatoms. The Labute approximate surface area is 194 Å². The highest BCUT2D eigenvalue weighted by molar-refractivity contribution is 6.33. The standard InChI is InChI=1S/C26H31ClN2O3/c1-26(2)14-18-12-17(20-7-5-19(32-3)13-22(20)27)4-6-21(18)24(26)29(25(30)31)23-15-28-10-8-16(23)9-11-28/h4-7,12-13,16,23-24H,8-11,14-15H2,1-3H3,(H,30,31)/t23-,24+/m1/s1. The summed E-state index contributed by atoms with van der Waals surface area (Å²) in [6.07, 6.45) is 2.25. The first kappa shape index (κ1) is 21.6. The number of carbonyl (C=O) groups is 1. The van der Waals surface area contributed by atoms with E-state index in [1.165, 1.54) is 5.56 Å². The molecule has 3 heterocycles. The molecule has 3 aliphatic heterocycles. The molecule has 32 heavy (non-hydrogen) atoms. The summed E-state index contributed by atoms with van der Waals surface area (Å²) in [6.45, 7) is 7.47. The van der Waals surface area contributed by atoms with Gasteiger partial charge in [0.15, 0.2) is 0 Å². The summed E-state index contributed by atoms with van der Waals surface area (Å²) in [6, 6.07) is 12.1. The van der Waals surface area contributed by atoms with E-state index in [9.17, 15) is 9.90 Å². The number of fused-ring (bicyclic) bond motifs is 4. The number of hydrogen-bond donors (Lipinski definition) is 1. The minimum absolute atomic E-state index is 0.0703. The number of benzene rings is 2. The van der Waals surface area contributed by atoms with E-state index in [1.807, 2.05) is 23.1 Å². The lowest BCUT2D eigenvalue weighted by Crippen LogP contribution is -2.60. The number of hydrogen-bond acceptors (Lipinski definition) is 3. The quantitative estimate of drug-likeness (QED) is 0.642. The van der Waals surface area contributed by atoms with Crippen LogP contribution in [0, 0.1) is 11.3 Å². The van der Waals surface area contributed by atoms with Crippen molar-refractivity contribution in [1.29, 1.82) is 0 Å². The van der Waals surface area contributed by atoms with Crippen molar-refractivity contribution in [2.75, 3.05) is 26.7 Å².